The van der Waals surface area contributed by atoms with Gasteiger partial charge in [-0.2, -0.15) is 0 Å². The molecule has 2 aromatic rings. The molecule has 25 heavy (non-hydrogen) atoms. The molecule has 0 aliphatic rings. The SMILES string of the molecule is CC[C@@H](C)c1ccc(NC(=O)COC(=O)c2c(F)cccc2F)cc1. The smallest absolute Gasteiger partial charge is 0.344 e. The average Bonchev–Trinajstić information content (AvgIpc) is 2.60. The van der Waals surface area contributed by atoms with Crippen molar-refractivity contribution in [2.45, 2.75) is 26.2 Å². The van der Waals surface area contributed by atoms with E-state index in [-0.39, 0.29) is 0 Å². The first kappa shape index (κ1) is 18.6. The van der Waals surface area contributed by atoms with Crippen molar-refractivity contribution in [1.29, 1.82) is 0 Å². The van der Waals surface area contributed by atoms with E-state index < -0.39 is 35.7 Å². The normalized spacial score (nSPS) is 11.7. The van der Waals surface area contributed by atoms with Crippen LogP contribution in [0.15, 0.2) is 42.5 Å². The number of anilines is 1. The first-order valence-electron chi connectivity index (χ1n) is 7.93. The molecule has 4 nitrogen and oxygen atoms in total. The van der Waals surface area contributed by atoms with Crippen molar-refractivity contribution in [1.82, 2.24) is 0 Å². The lowest BCUT2D eigenvalue weighted by Crippen LogP contribution is -2.22. The van der Waals surface area contributed by atoms with E-state index in [1.165, 1.54) is 0 Å². The summed E-state index contributed by atoms with van der Waals surface area (Å²) in [6, 6.07) is 10.3. The van der Waals surface area contributed by atoms with Crippen LogP contribution in [0, 0.1) is 11.6 Å². The van der Waals surface area contributed by atoms with Crippen molar-refractivity contribution >= 4 is 17.6 Å². The zero-order valence-corrected chi connectivity index (χ0v) is 14.0. The Labute approximate surface area is 144 Å². The second-order valence-corrected chi connectivity index (χ2v) is 5.65. The quantitative estimate of drug-likeness (QED) is 0.794. The molecule has 0 unspecified atom stereocenters. The van der Waals surface area contributed by atoms with E-state index in [1.54, 1.807) is 12.1 Å². The van der Waals surface area contributed by atoms with Crippen LogP contribution in [0.3, 0.4) is 0 Å². The highest BCUT2D eigenvalue weighted by atomic mass is 19.1. The van der Waals surface area contributed by atoms with Crippen LogP contribution in [-0.4, -0.2) is 18.5 Å². The van der Waals surface area contributed by atoms with E-state index in [0.717, 1.165) is 30.2 Å². The number of carbonyl (C=O) groups excluding carboxylic acids is 2. The maximum absolute atomic E-state index is 13.5. The fourth-order valence-electron chi connectivity index (χ4n) is 2.22. The Balaban J connectivity index is 1.91. The van der Waals surface area contributed by atoms with Crippen LogP contribution in [0.2, 0.25) is 0 Å². The first-order valence-corrected chi connectivity index (χ1v) is 7.93. The van der Waals surface area contributed by atoms with Crippen molar-refractivity contribution in [2.75, 3.05) is 11.9 Å². The van der Waals surface area contributed by atoms with Gasteiger partial charge in [0.2, 0.25) is 0 Å². The molecule has 0 bridgehead atoms. The van der Waals surface area contributed by atoms with Crippen LogP contribution in [0.5, 0.6) is 0 Å². The molecule has 0 radical (unpaired) electrons. The van der Waals surface area contributed by atoms with Gasteiger partial charge in [0.25, 0.3) is 5.91 Å². The molecule has 0 heterocycles. The van der Waals surface area contributed by atoms with Crippen LogP contribution in [0.4, 0.5) is 14.5 Å². The molecule has 6 heteroatoms. The highest BCUT2D eigenvalue weighted by Gasteiger charge is 2.19. The Morgan fingerprint density at radius 3 is 2.24 bits per heavy atom. The van der Waals surface area contributed by atoms with Gasteiger partial charge in [-0.1, -0.05) is 32.0 Å². The van der Waals surface area contributed by atoms with Gasteiger partial charge in [0.15, 0.2) is 6.61 Å². The number of ether oxygens (including phenoxy) is 1. The molecule has 0 aromatic heterocycles. The van der Waals surface area contributed by atoms with E-state index in [2.05, 4.69) is 23.9 Å². The summed E-state index contributed by atoms with van der Waals surface area (Å²) >= 11 is 0. The van der Waals surface area contributed by atoms with Crippen molar-refractivity contribution in [2.24, 2.45) is 0 Å². The molecule has 132 valence electrons. The lowest BCUT2D eigenvalue weighted by Gasteiger charge is -2.11. The minimum Gasteiger partial charge on any atom is -0.452 e. The highest BCUT2D eigenvalue weighted by molar-refractivity contribution is 5.95. The van der Waals surface area contributed by atoms with Crippen LogP contribution >= 0.6 is 0 Å². The minimum absolute atomic E-state index is 0.418. The number of hydrogen-bond acceptors (Lipinski definition) is 3. The Kier molecular flexibility index (Phi) is 6.22. The molecule has 0 saturated heterocycles. The molecule has 0 aliphatic heterocycles. The van der Waals surface area contributed by atoms with E-state index in [4.69, 9.17) is 0 Å². The zero-order chi connectivity index (χ0) is 18.4. The van der Waals surface area contributed by atoms with Crippen LogP contribution in [0.25, 0.3) is 0 Å². The first-order chi connectivity index (χ1) is 11.9. The topological polar surface area (TPSA) is 55.4 Å². The third kappa shape index (κ3) is 4.86. The lowest BCUT2D eigenvalue weighted by molar-refractivity contribution is -0.119. The molecule has 0 fully saturated rings. The van der Waals surface area contributed by atoms with Gasteiger partial charge in [0.05, 0.1) is 0 Å². The van der Waals surface area contributed by atoms with E-state index in [9.17, 15) is 18.4 Å². The summed E-state index contributed by atoms with van der Waals surface area (Å²) in [5.74, 6) is -3.47. The summed E-state index contributed by atoms with van der Waals surface area (Å²) < 4.78 is 31.6. The Morgan fingerprint density at radius 2 is 1.68 bits per heavy atom. The molecule has 1 amide bonds. The molecule has 2 rings (SSSR count). The largest absolute Gasteiger partial charge is 0.452 e. The van der Waals surface area contributed by atoms with Gasteiger partial charge in [0.1, 0.15) is 17.2 Å². The summed E-state index contributed by atoms with van der Waals surface area (Å²) in [4.78, 5) is 23.5. The van der Waals surface area contributed by atoms with Gasteiger partial charge in [0, 0.05) is 5.69 Å². The number of hydrogen-bond donors (Lipinski definition) is 1. The van der Waals surface area contributed by atoms with E-state index in [0.29, 0.717) is 11.6 Å². The number of nitrogens with one attached hydrogen (secondary N) is 1. The van der Waals surface area contributed by atoms with Crippen LogP contribution in [0.1, 0.15) is 42.1 Å². The molecule has 0 spiro atoms. The van der Waals surface area contributed by atoms with Gasteiger partial charge in [-0.3, -0.25) is 4.79 Å². The second-order valence-electron chi connectivity index (χ2n) is 5.65. The maximum atomic E-state index is 13.5. The van der Waals surface area contributed by atoms with Crippen molar-refractivity contribution in [3.8, 4) is 0 Å². The summed E-state index contributed by atoms with van der Waals surface area (Å²) in [5, 5.41) is 2.56. The van der Waals surface area contributed by atoms with Crippen molar-refractivity contribution in [3.05, 3.63) is 65.2 Å². The molecular weight excluding hydrogens is 328 g/mol. The summed E-state index contributed by atoms with van der Waals surface area (Å²) in [5.41, 5.74) is 0.889. The lowest BCUT2D eigenvalue weighted by atomic mass is 9.99. The maximum Gasteiger partial charge on any atom is 0.344 e. The number of rotatable bonds is 6. The van der Waals surface area contributed by atoms with Gasteiger partial charge in [-0.05, 0) is 42.2 Å². The second kappa shape index (κ2) is 8.37. The van der Waals surface area contributed by atoms with E-state index >= 15 is 0 Å². The van der Waals surface area contributed by atoms with Crippen LogP contribution in [-0.2, 0) is 9.53 Å². The fourth-order valence-corrected chi connectivity index (χ4v) is 2.22. The number of carbonyl (C=O) groups is 2. The predicted molar refractivity (Wildman–Crippen MR) is 90.4 cm³/mol. The highest BCUT2D eigenvalue weighted by Crippen LogP contribution is 2.20. The third-order valence-corrected chi connectivity index (χ3v) is 3.88. The zero-order valence-electron chi connectivity index (χ0n) is 14.0. The number of amides is 1. The summed E-state index contributed by atoms with van der Waals surface area (Å²) in [6.07, 6.45) is 1.01. The summed E-state index contributed by atoms with van der Waals surface area (Å²) in [7, 11) is 0. The Bertz CT molecular complexity index is 740. The summed E-state index contributed by atoms with van der Waals surface area (Å²) in [6.45, 7) is 3.56. The Hall–Kier alpha value is -2.76. The molecule has 1 N–H and O–H groups in total. The van der Waals surface area contributed by atoms with Gasteiger partial charge in [-0.25, -0.2) is 13.6 Å². The molecule has 0 aliphatic carbocycles. The van der Waals surface area contributed by atoms with Gasteiger partial charge < -0.3 is 10.1 Å². The van der Waals surface area contributed by atoms with Gasteiger partial charge in [-0.15, -0.1) is 0 Å². The predicted octanol–water partition coefficient (Wildman–Crippen LogP) is 4.27. The Morgan fingerprint density at radius 1 is 1.08 bits per heavy atom. The number of halogens is 2. The average molecular weight is 347 g/mol. The molecule has 2 aromatic carbocycles. The number of benzene rings is 2. The monoisotopic (exact) mass is 347 g/mol. The van der Waals surface area contributed by atoms with Gasteiger partial charge >= 0.3 is 5.97 Å². The standard InChI is InChI=1S/C19H19F2NO3/c1-3-12(2)13-7-9-14(10-8-13)22-17(23)11-25-19(24)18-15(20)5-4-6-16(18)21/h4-10,12H,3,11H2,1-2H3,(H,22,23)/t12-/m1/s1. The molecular formula is C19H19F2NO3. The third-order valence-electron chi connectivity index (χ3n) is 3.88. The minimum atomic E-state index is -1.22. The molecule has 1 atom stereocenters. The van der Waals surface area contributed by atoms with Crippen molar-refractivity contribution in [3.63, 3.8) is 0 Å². The van der Waals surface area contributed by atoms with Crippen LogP contribution < -0.4 is 5.32 Å². The van der Waals surface area contributed by atoms with Crippen molar-refractivity contribution < 1.29 is 23.1 Å². The fraction of sp³-hybridized carbons (Fsp3) is 0.263. The molecule has 0 saturated carbocycles. The van der Waals surface area contributed by atoms with E-state index in [1.807, 2.05) is 12.1 Å². The number of esters is 1.